The van der Waals surface area contributed by atoms with Crippen LogP contribution < -0.4 is 10.2 Å². The first-order valence-corrected chi connectivity index (χ1v) is 9.89. The smallest absolute Gasteiger partial charge is 0.129 e. The van der Waals surface area contributed by atoms with E-state index >= 15 is 0 Å². The summed E-state index contributed by atoms with van der Waals surface area (Å²) in [5.41, 5.74) is 2.81. The van der Waals surface area contributed by atoms with Gasteiger partial charge in [-0.05, 0) is 58.4 Å². The molecular formula is C22H33N5. The predicted molar refractivity (Wildman–Crippen MR) is 117 cm³/mol. The standard InChI is InChI=1S/C20H27N5.C2H6/c1-5-11-21-13-15-6-7-18-17(22-15)8-9-19(23-18)25-12-10-16(14-25)24-20(2,3)4;1-2/h5-9,11,13,16,24H,10,12,14H2,1-4H3;1-2H3/b11-5+,21-13?;. The number of aliphatic imine (C=N–C) groups is 1. The Morgan fingerprint density at radius 2 is 1.81 bits per heavy atom. The molecule has 1 atom stereocenters. The highest BCUT2D eigenvalue weighted by atomic mass is 15.2. The summed E-state index contributed by atoms with van der Waals surface area (Å²) in [7, 11) is 0. The van der Waals surface area contributed by atoms with Gasteiger partial charge in [0.1, 0.15) is 5.82 Å². The summed E-state index contributed by atoms with van der Waals surface area (Å²) in [6, 6.07) is 8.61. The van der Waals surface area contributed by atoms with Crippen molar-refractivity contribution in [2.75, 3.05) is 18.0 Å². The lowest BCUT2D eigenvalue weighted by Gasteiger charge is -2.26. The Morgan fingerprint density at radius 1 is 1.11 bits per heavy atom. The van der Waals surface area contributed by atoms with E-state index in [0.717, 1.165) is 42.1 Å². The lowest BCUT2D eigenvalue weighted by Crippen LogP contribution is -2.44. The van der Waals surface area contributed by atoms with Gasteiger partial charge in [-0.25, -0.2) is 9.97 Å². The average Bonchev–Trinajstić information content (AvgIpc) is 3.10. The summed E-state index contributed by atoms with van der Waals surface area (Å²) >= 11 is 0. The fraction of sp³-hybridized carbons (Fsp3) is 0.500. The predicted octanol–water partition coefficient (Wildman–Crippen LogP) is 4.58. The quantitative estimate of drug-likeness (QED) is 0.804. The minimum absolute atomic E-state index is 0.145. The number of allylic oxidation sites excluding steroid dienone is 1. The normalized spacial score (nSPS) is 17.7. The van der Waals surface area contributed by atoms with Gasteiger partial charge in [-0.2, -0.15) is 0 Å². The molecule has 146 valence electrons. The minimum atomic E-state index is 0.145. The van der Waals surface area contributed by atoms with Crippen LogP contribution in [-0.2, 0) is 0 Å². The fourth-order valence-electron chi connectivity index (χ4n) is 3.17. The van der Waals surface area contributed by atoms with E-state index in [0.29, 0.717) is 6.04 Å². The van der Waals surface area contributed by atoms with Crippen molar-refractivity contribution >= 4 is 23.1 Å². The molecule has 0 amide bonds. The summed E-state index contributed by atoms with van der Waals surface area (Å²) < 4.78 is 0. The molecule has 0 aromatic carbocycles. The van der Waals surface area contributed by atoms with E-state index < -0.39 is 0 Å². The van der Waals surface area contributed by atoms with Crippen LogP contribution in [0.15, 0.2) is 41.5 Å². The maximum atomic E-state index is 4.80. The van der Waals surface area contributed by atoms with Crippen LogP contribution >= 0.6 is 0 Å². The highest BCUT2D eigenvalue weighted by molar-refractivity contribution is 5.84. The van der Waals surface area contributed by atoms with Crippen molar-refractivity contribution in [3.63, 3.8) is 0 Å². The number of nitrogens with one attached hydrogen (secondary N) is 1. The second kappa shape index (κ2) is 9.60. The van der Waals surface area contributed by atoms with Gasteiger partial charge in [0.15, 0.2) is 0 Å². The number of pyridine rings is 2. The molecule has 0 saturated carbocycles. The van der Waals surface area contributed by atoms with Crippen LogP contribution in [-0.4, -0.2) is 40.9 Å². The Bertz CT molecular complexity index is 789. The topological polar surface area (TPSA) is 53.4 Å². The van der Waals surface area contributed by atoms with Crippen molar-refractivity contribution in [1.82, 2.24) is 15.3 Å². The van der Waals surface area contributed by atoms with E-state index in [9.17, 15) is 0 Å². The third-order valence-electron chi connectivity index (χ3n) is 4.14. The Morgan fingerprint density at radius 3 is 2.52 bits per heavy atom. The zero-order chi connectivity index (χ0) is 19.9. The Kier molecular flexibility index (Phi) is 7.48. The maximum Gasteiger partial charge on any atom is 0.129 e. The molecule has 2 aromatic heterocycles. The second-order valence-corrected chi connectivity index (χ2v) is 7.53. The van der Waals surface area contributed by atoms with E-state index in [-0.39, 0.29) is 5.54 Å². The van der Waals surface area contributed by atoms with Crippen molar-refractivity contribution in [2.24, 2.45) is 4.99 Å². The molecular weight excluding hydrogens is 334 g/mol. The van der Waals surface area contributed by atoms with Crippen LogP contribution in [0, 0.1) is 0 Å². The summed E-state index contributed by atoms with van der Waals surface area (Å²) in [4.78, 5) is 15.9. The number of anilines is 1. The van der Waals surface area contributed by atoms with E-state index in [1.807, 2.05) is 39.0 Å². The zero-order valence-corrected chi connectivity index (χ0v) is 17.5. The first-order chi connectivity index (χ1) is 12.9. The molecule has 5 nitrogen and oxygen atoms in total. The number of hydrogen-bond acceptors (Lipinski definition) is 5. The van der Waals surface area contributed by atoms with Crippen molar-refractivity contribution < 1.29 is 0 Å². The van der Waals surface area contributed by atoms with Crippen LogP contribution in [0.1, 0.15) is 53.7 Å². The van der Waals surface area contributed by atoms with Gasteiger partial charge in [-0.1, -0.05) is 19.9 Å². The number of hydrogen-bond donors (Lipinski definition) is 1. The SMILES string of the molecule is C/C=C/N=Cc1ccc2nc(N3CCC(NC(C)(C)C)C3)ccc2n1.CC. The van der Waals surface area contributed by atoms with Gasteiger partial charge in [0.2, 0.25) is 0 Å². The highest BCUT2D eigenvalue weighted by Gasteiger charge is 2.26. The molecule has 2 aromatic rings. The second-order valence-electron chi connectivity index (χ2n) is 7.53. The van der Waals surface area contributed by atoms with Crippen LogP contribution in [0.5, 0.6) is 0 Å². The van der Waals surface area contributed by atoms with E-state index in [1.165, 1.54) is 0 Å². The van der Waals surface area contributed by atoms with Gasteiger partial charge in [0.25, 0.3) is 0 Å². The molecule has 0 spiro atoms. The van der Waals surface area contributed by atoms with Crippen LogP contribution in [0.25, 0.3) is 11.0 Å². The first kappa shape index (κ1) is 21.0. The molecule has 0 radical (unpaired) electrons. The summed E-state index contributed by atoms with van der Waals surface area (Å²) in [5, 5.41) is 3.68. The van der Waals surface area contributed by atoms with Crippen molar-refractivity contribution in [3.05, 3.63) is 42.2 Å². The van der Waals surface area contributed by atoms with Gasteiger partial charge < -0.3 is 10.2 Å². The average molecular weight is 368 g/mol. The molecule has 1 fully saturated rings. The monoisotopic (exact) mass is 367 g/mol. The van der Waals surface area contributed by atoms with Gasteiger partial charge in [-0.15, -0.1) is 0 Å². The van der Waals surface area contributed by atoms with E-state index in [4.69, 9.17) is 4.98 Å². The molecule has 3 rings (SSSR count). The molecule has 0 aliphatic carbocycles. The highest BCUT2D eigenvalue weighted by Crippen LogP contribution is 2.22. The number of nitrogens with zero attached hydrogens (tertiary/aromatic N) is 4. The van der Waals surface area contributed by atoms with Crippen molar-refractivity contribution in [3.8, 4) is 0 Å². The molecule has 1 aliphatic heterocycles. The summed E-state index contributed by atoms with van der Waals surface area (Å²) in [6.45, 7) is 14.6. The third-order valence-corrected chi connectivity index (χ3v) is 4.14. The van der Waals surface area contributed by atoms with Gasteiger partial charge in [0.05, 0.1) is 22.9 Å². The minimum Gasteiger partial charge on any atom is -0.355 e. The molecule has 27 heavy (non-hydrogen) atoms. The molecule has 1 N–H and O–H groups in total. The Labute approximate surface area is 163 Å². The number of rotatable bonds is 4. The van der Waals surface area contributed by atoms with E-state index in [1.54, 1.807) is 12.4 Å². The van der Waals surface area contributed by atoms with Crippen LogP contribution in [0.3, 0.4) is 0 Å². The van der Waals surface area contributed by atoms with Gasteiger partial charge in [-0.3, -0.25) is 4.99 Å². The van der Waals surface area contributed by atoms with Crippen LogP contribution in [0.4, 0.5) is 5.82 Å². The summed E-state index contributed by atoms with van der Waals surface area (Å²) in [5.74, 6) is 1.03. The third kappa shape index (κ3) is 6.14. The summed E-state index contributed by atoms with van der Waals surface area (Å²) in [6.07, 6.45) is 6.55. The number of aromatic nitrogens is 2. The number of fused-ring (bicyclic) bond motifs is 1. The lowest BCUT2D eigenvalue weighted by atomic mass is 10.1. The Hall–Kier alpha value is -2.27. The van der Waals surface area contributed by atoms with Crippen molar-refractivity contribution in [2.45, 2.75) is 59.5 Å². The maximum absolute atomic E-state index is 4.80. The largest absolute Gasteiger partial charge is 0.355 e. The molecule has 3 heterocycles. The van der Waals surface area contributed by atoms with Gasteiger partial charge in [0, 0.05) is 30.9 Å². The lowest BCUT2D eigenvalue weighted by molar-refractivity contribution is 0.373. The molecule has 1 aliphatic rings. The van der Waals surface area contributed by atoms with Crippen LogP contribution in [0.2, 0.25) is 0 Å². The van der Waals surface area contributed by atoms with Crippen molar-refractivity contribution in [1.29, 1.82) is 0 Å². The molecule has 1 unspecified atom stereocenters. The molecule has 1 saturated heterocycles. The van der Waals surface area contributed by atoms with E-state index in [2.05, 4.69) is 53.1 Å². The fourth-order valence-corrected chi connectivity index (χ4v) is 3.17. The molecule has 0 bridgehead atoms. The Balaban J connectivity index is 0.00000126. The zero-order valence-electron chi connectivity index (χ0n) is 17.5. The van der Waals surface area contributed by atoms with Gasteiger partial charge >= 0.3 is 0 Å². The molecule has 5 heteroatoms. The first-order valence-electron chi connectivity index (χ1n) is 9.89.